The number of hydrogen-bond acceptors (Lipinski definition) is 3. The van der Waals surface area contributed by atoms with Crippen LogP contribution in [0.25, 0.3) is 5.65 Å². The summed E-state index contributed by atoms with van der Waals surface area (Å²) in [4.78, 5) is 7.26. The molecule has 3 rings (SSSR count). The second-order valence-corrected chi connectivity index (χ2v) is 6.18. The number of pyridine rings is 1. The zero-order chi connectivity index (χ0) is 13.5. The van der Waals surface area contributed by atoms with Crippen molar-refractivity contribution in [1.82, 2.24) is 14.7 Å². The van der Waals surface area contributed by atoms with Crippen molar-refractivity contribution in [3.05, 3.63) is 30.1 Å². The molecule has 3 heterocycles. The van der Waals surface area contributed by atoms with Gasteiger partial charge in [-0.05, 0) is 31.0 Å². The van der Waals surface area contributed by atoms with Gasteiger partial charge in [-0.15, -0.1) is 0 Å². The molecule has 0 radical (unpaired) electrons. The van der Waals surface area contributed by atoms with Gasteiger partial charge in [-0.3, -0.25) is 0 Å². The third kappa shape index (κ3) is 2.21. The molecule has 2 aromatic rings. The van der Waals surface area contributed by atoms with Crippen LogP contribution in [0.3, 0.4) is 0 Å². The molecule has 102 valence electrons. The lowest BCUT2D eigenvalue weighted by Crippen LogP contribution is -2.25. The summed E-state index contributed by atoms with van der Waals surface area (Å²) in [6.07, 6.45) is 3.33. The molecule has 0 spiro atoms. The molecule has 1 saturated heterocycles. The summed E-state index contributed by atoms with van der Waals surface area (Å²) in [6, 6.07) is 6.18. The summed E-state index contributed by atoms with van der Waals surface area (Å²) >= 11 is 0. The number of aromatic nitrogens is 2. The van der Waals surface area contributed by atoms with Gasteiger partial charge in [-0.1, -0.05) is 19.9 Å². The standard InChI is InChI=1S/C15H22N4/c1-15(2)7-9-18(11-15)14-12(10-16-3)19-8-5-4-6-13(19)17-14/h4-6,8,16H,7,9-11H2,1-3H3. The first-order valence-electron chi connectivity index (χ1n) is 6.96. The van der Waals surface area contributed by atoms with Gasteiger partial charge in [-0.2, -0.15) is 0 Å². The fourth-order valence-corrected chi connectivity index (χ4v) is 2.91. The molecular formula is C15H22N4. The topological polar surface area (TPSA) is 32.6 Å². The van der Waals surface area contributed by atoms with E-state index < -0.39 is 0 Å². The molecule has 0 aliphatic carbocycles. The van der Waals surface area contributed by atoms with Gasteiger partial charge in [0.05, 0.1) is 5.69 Å². The maximum absolute atomic E-state index is 4.83. The summed E-state index contributed by atoms with van der Waals surface area (Å²) in [7, 11) is 1.99. The van der Waals surface area contributed by atoms with Gasteiger partial charge in [0, 0.05) is 25.8 Å². The number of nitrogens with one attached hydrogen (secondary N) is 1. The maximum Gasteiger partial charge on any atom is 0.152 e. The minimum Gasteiger partial charge on any atom is -0.354 e. The Balaban J connectivity index is 2.05. The van der Waals surface area contributed by atoms with Crippen molar-refractivity contribution in [1.29, 1.82) is 0 Å². The Bertz CT molecular complexity index is 585. The van der Waals surface area contributed by atoms with E-state index in [1.807, 2.05) is 13.1 Å². The molecule has 4 heteroatoms. The van der Waals surface area contributed by atoms with Crippen molar-refractivity contribution in [2.75, 3.05) is 25.0 Å². The Hall–Kier alpha value is -1.55. The molecule has 2 aromatic heterocycles. The number of rotatable bonds is 3. The van der Waals surface area contributed by atoms with Crippen LogP contribution >= 0.6 is 0 Å². The SMILES string of the molecule is CNCc1c(N2CCC(C)(C)C2)nc2ccccn12. The van der Waals surface area contributed by atoms with Crippen LogP contribution in [0, 0.1) is 5.41 Å². The lowest BCUT2D eigenvalue weighted by atomic mass is 9.93. The number of fused-ring (bicyclic) bond motifs is 1. The largest absolute Gasteiger partial charge is 0.354 e. The predicted molar refractivity (Wildman–Crippen MR) is 78.6 cm³/mol. The van der Waals surface area contributed by atoms with Gasteiger partial charge in [-0.25, -0.2) is 4.98 Å². The normalized spacial score (nSPS) is 18.4. The highest BCUT2D eigenvalue weighted by atomic mass is 15.3. The molecule has 0 atom stereocenters. The first kappa shape index (κ1) is 12.5. The predicted octanol–water partition coefficient (Wildman–Crippen LogP) is 2.29. The molecule has 1 N–H and O–H groups in total. The number of imidazole rings is 1. The van der Waals surface area contributed by atoms with Crippen LogP contribution in [-0.2, 0) is 6.54 Å². The van der Waals surface area contributed by atoms with E-state index in [1.54, 1.807) is 0 Å². The van der Waals surface area contributed by atoms with Crippen LogP contribution in [-0.4, -0.2) is 29.5 Å². The van der Waals surface area contributed by atoms with Crippen molar-refractivity contribution in [3.8, 4) is 0 Å². The molecule has 19 heavy (non-hydrogen) atoms. The van der Waals surface area contributed by atoms with Crippen molar-refractivity contribution >= 4 is 11.5 Å². The smallest absolute Gasteiger partial charge is 0.152 e. The fraction of sp³-hybridized carbons (Fsp3) is 0.533. The molecular weight excluding hydrogens is 236 g/mol. The summed E-state index contributed by atoms with van der Waals surface area (Å²) in [5.74, 6) is 1.14. The van der Waals surface area contributed by atoms with E-state index in [2.05, 4.69) is 46.8 Å². The number of hydrogen-bond donors (Lipinski definition) is 1. The van der Waals surface area contributed by atoms with E-state index >= 15 is 0 Å². The lowest BCUT2D eigenvalue weighted by molar-refractivity contribution is 0.418. The van der Waals surface area contributed by atoms with E-state index in [0.717, 1.165) is 31.1 Å². The van der Waals surface area contributed by atoms with E-state index in [-0.39, 0.29) is 0 Å². The van der Waals surface area contributed by atoms with Crippen LogP contribution in [0.15, 0.2) is 24.4 Å². The van der Waals surface area contributed by atoms with Gasteiger partial charge in [0.15, 0.2) is 5.82 Å². The molecule has 0 unspecified atom stereocenters. The average molecular weight is 258 g/mol. The van der Waals surface area contributed by atoms with Crippen LogP contribution < -0.4 is 10.2 Å². The zero-order valence-electron chi connectivity index (χ0n) is 12.0. The lowest BCUT2D eigenvalue weighted by Gasteiger charge is -2.20. The molecule has 1 fully saturated rings. The van der Waals surface area contributed by atoms with Crippen LogP contribution in [0.5, 0.6) is 0 Å². The summed E-state index contributed by atoms with van der Waals surface area (Å²) < 4.78 is 2.19. The van der Waals surface area contributed by atoms with Crippen molar-refractivity contribution in [3.63, 3.8) is 0 Å². The fourth-order valence-electron chi connectivity index (χ4n) is 2.91. The van der Waals surface area contributed by atoms with Crippen LogP contribution in [0.1, 0.15) is 26.0 Å². The van der Waals surface area contributed by atoms with E-state index in [9.17, 15) is 0 Å². The quantitative estimate of drug-likeness (QED) is 0.917. The number of anilines is 1. The Morgan fingerprint density at radius 1 is 1.37 bits per heavy atom. The highest BCUT2D eigenvalue weighted by Crippen LogP contribution is 2.33. The Kier molecular flexibility index (Phi) is 2.97. The minimum absolute atomic E-state index is 0.396. The first-order chi connectivity index (χ1) is 9.11. The molecule has 0 bridgehead atoms. The van der Waals surface area contributed by atoms with Crippen LogP contribution in [0.4, 0.5) is 5.82 Å². The third-order valence-electron chi connectivity index (χ3n) is 3.93. The minimum atomic E-state index is 0.396. The first-order valence-corrected chi connectivity index (χ1v) is 6.96. The van der Waals surface area contributed by atoms with Crippen LogP contribution in [0.2, 0.25) is 0 Å². The van der Waals surface area contributed by atoms with Gasteiger partial charge in [0.25, 0.3) is 0 Å². The molecule has 0 saturated carbocycles. The van der Waals surface area contributed by atoms with E-state index in [4.69, 9.17) is 4.98 Å². The van der Waals surface area contributed by atoms with Gasteiger partial charge >= 0.3 is 0 Å². The summed E-state index contributed by atoms with van der Waals surface area (Å²) in [6.45, 7) is 7.71. The highest BCUT2D eigenvalue weighted by molar-refractivity contribution is 5.56. The maximum atomic E-state index is 4.83. The molecule has 1 aliphatic heterocycles. The molecule has 1 aliphatic rings. The van der Waals surface area contributed by atoms with Crippen molar-refractivity contribution in [2.24, 2.45) is 5.41 Å². The van der Waals surface area contributed by atoms with Gasteiger partial charge < -0.3 is 14.6 Å². The summed E-state index contributed by atoms with van der Waals surface area (Å²) in [5, 5.41) is 3.26. The van der Waals surface area contributed by atoms with Crippen molar-refractivity contribution in [2.45, 2.75) is 26.8 Å². The van der Waals surface area contributed by atoms with Gasteiger partial charge in [0.1, 0.15) is 5.65 Å². The summed E-state index contributed by atoms with van der Waals surface area (Å²) in [5.41, 5.74) is 2.69. The molecule has 0 aromatic carbocycles. The Morgan fingerprint density at radius 3 is 2.89 bits per heavy atom. The monoisotopic (exact) mass is 258 g/mol. The second kappa shape index (κ2) is 4.53. The Morgan fingerprint density at radius 2 is 2.21 bits per heavy atom. The van der Waals surface area contributed by atoms with Crippen molar-refractivity contribution < 1.29 is 0 Å². The van der Waals surface area contributed by atoms with E-state index in [0.29, 0.717) is 5.41 Å². The average Bonchev–Trinajstić information content (AvgIpc) is 2.91. The third-order valence-corrected chi connectivity index (χ3v) is 3.93. The number of nitrogens with zero attached hydrogens (tertiary/aromatic N) is 3. The Labute approximate surface area is 114 Å². The van der Waals surface area contributed by atoms with Gasteiger partial charge in [0.2, 0.25) is 0 Å². The molecule has 4 nitrogen and oxygen atoms in total. The highest BCUT2D eigenvalue weighted by Gasteiger charge is 2.31. The molecule has 0 amide bonds. The van der Waals surface area contributed by atoms with E-state index in [1.165, 1.54) is 12.1 Å². The second-order valence-electron chi connectivity index (χ2n) is 6.18. The zero-order valence-corrected chi connectivity index (χ0v) is 12.0.